The second kappa shape index (κ2) is 3.48. The zero-order valence-electron chi connectivity index (χ0n) is 8.90. The minimum absolute atomic E-state index is 0.340. The van der Waals surface area contributed by atoms with Crippen LogP contribution in [0.25, 0.3) is 0 Å². The van der Waals surface area contributed by atoms with E-state index in [9.17, 15) is 8.42 Å². The van der Waals surface area contributed by atoms with Gasteiger partial charge < -0.3 is 4.90 Å². The first-order valence-corrected chi connectivity index (χ1v) is 6.79. The van der Waals surface area contributed by atoms with E-state index in [0.29, 0.717) is 10.6 Å². The lowest BCUT2D eigenvalue weighted by Gasteiger charge is -2.33. The van der Waals surface area contributed by atoms with Crippen LogP contribution in [0.5, 0.6) is 0 Å². The fourth-order valence-corrected chi connectivity index (χ4v) is 2.55. The fourth-order valence-electron chi connectivity index (χ4n) is 1.63. The van der Waals surface area contributed by atoms with Gasteiger partial charge in [0.2, 0.25) is 0 Å². The van der Waals surface area contributed by atoms with Crippen LogP contribution in [0.1, 0.15) is 12.1 Å². The van der Waals surface area contributed by atoms with E-state index in [1.54, 1.807) is 19.2 Å². The molecular weight excluding hydrogens is 212 g/mol. The molecule has 5 heteroatoms. The summed E-state index contributed by atoms with van der Waals surface area (Å²) in [5, 5.41) is 0. The molecule has 2 rings (SSSR count). The lowest BCUT2D eigenvalue weighted by molar-refractivity contribution is 0.598. The summed E-state index contributed by atoms with van der Waals surface area (Å²) >= 11 is 0. The Labute approximate surface area is 89.9 Å². The standard InChI is InChI=1S/C10H14N2O2S/c1-8-10(15(2,13)14)6-9(7-11-8)12-4-3-5-12/h6-7H,3-5H2,1-2H3. The molecular formula is C10H14N2O2S. The van der Waals surface area contributed by atoms with Crippen molar-refractivity contribution in [1.82, 2.24) is 4.98 Å². The molecule has 0 aliphatic carbocycles. The average Bonchev–Trinajstić information content (AvgIpc) is 2.03. The van der Waals surface area contributed by atoms with Crippen molar-refractivity contribution in [2.75, 3.05) is 24.2 Å². The summed E-state index contributed by atoms with van der Waals surface area (Å²) in [5.41, 5.74) is 1.48. The van der Waals surface area contributed by atoms with Gasteiger partial charge in [0.25, 0.3) is 0 Å². The van der Waals surface area contributed by atoms with Gasteiger partial charge in [0, 0.05) is 19.3 Å². The van der Waals surface area contributed by atoms with E-state index in [0.717, 1.165) is 18.8 Å². The average molecular weight is 226 g/mol. The van der Waals surface area contributed by atoms with Crippen molar-refractivity contribution in [3.05, 3.63) is 18.0 Å². The molecule has 2 heterocycles. The van der Waals surface area contributed by atoms with E-state index in [1.165, 1.54) is 12.7 Å². The normalized spacial score (nSPS) is 16.3. The van der Waals surface area contributed by atoms with Crippen molar-refractivity contribution >= 4 is 15.5 Å². The summed E-state index contributed by atoms with van der Waals surface area (Å²) in [6.07, 6.45) is 4.13. The summed E-state index contributed by atoms with van der Waals surface area (Å²) in [7, 11) is -3.16. The summed E-state index contributed by atoms with van der Waals surface area (Å²) in [6.45, 7) is 3.71. The first kappa shape index (κ1) is 10.4. The molecule has 15 heavy (non-hydrogen) atoms. The Morgan fingerprint density at radius 3 is 2.53 bits per heavy atom. The molecule has 0 bridgehead atoms. The molecule has 1 aromatic heterocycles. The van der Waals surface area contributed by atoms with Gasteiger partial charge in [-0.05, 0) is 19.4 Å². The highest BCUT2D eigenvalue weighted by Crippen LogP contribution is 2.24. The van der Waals surface area contributed by atoms with E-state index in [2.05, 4.69) is 9.88 Å². The van der Waals surface area contributed by atoms with Gasteiger partial charge in [-0.2, -0.15) is 0 Å². The number of sulfone groups is 1. The highest BCUT2D eigenvalue weighted by atomic mass is 32.2. The second-order valence-corrected chi connectivity index (χ2v) is 5.87. The maximum atomic E-state index is 11.5. The molecule has 0 atom stereocenters. The van der Waals surface area contributed by atoms with Crippen LogP contribution in [0.15, 0.2) is 17.2 Å². The van der Waals surface area contributed by atoms with Crippen LogP contribution in [0.4, 0.5) is 5.69 Å². The summed E-state index contributed by atoms with van der Waals surface area (Å²) < 4.78 is 23.0. The Hall–Kier alpha value is -1.10. The Bertz CT molecular complexity index is 478. The van der Waals surface area contributed by atoms with Crippen molar-refractivity contribution in [2.24, 2.45) is 0 Å². The number of nitrogens with zero attached hydrogens (tertiary/aromatic N) is 2. The molecule has 1 aliphatic rings. The summed E-state index contributed by atoms with van der Waals surface area (Å²) in [4.78, 5) is 6.59. The molecule has 0 radical (unpaired) electrons. The summed E-state index contributed by atoms with van der Waals surface area (Å²) in [5.74, 6) is 0. The predicted octanol–water partition coefficient (Wildman–Crippen LogP) is 1.00. The zero-order chi connectivity index (χ0) is 11.1. The molecule has 0 N–H and O–H groups in total. The van der Waals surface area contributed by atoms with Crippen LogP contribution in [0.2, 0.25) is 0 Å². The fraction of sp³-hybridized carbons (Fsp3) is 0.500. The Balaban J connectivity index is 2.45. The first-order chi connectivity index (χ1) is 6.98. The van der Waals surface area contributed by atoms with Crippen LogP contribution < -0.4 is 4.90 Å². The van der Waals surface area contributed by atoms with Crippen molar-refractivity contribution in [3.8, 4) is 0 Å². The van der Waals surface area contributed by atoms with Crippen LogP contribution in [-0.4, -0.2) is 32.7 Å². The highest BCUT2D eigenvalue weighted by Gasteiger charge is 2.18. The van der Waals surface area contributed by atoms with Gasteiger partial charge >= 0.3 is 0 Å². The number of anilines is 1. The zero-order valence-corrected chi connectivity index (χ0v) is 9.71. The third kappa shape index (κ3) is 1.97. The predicted molar refractivity (Wildman–Crippen MR) is 58.9 cm³/mol. The van der Waals surface area contributed by atoms with Crippen LogP contribution >= 0.6 is 0 Å². The smallest absolute Gasteiger partial charge is 0.177 e. The van der Waals surface area contributed by atoms with Gasteiger partial charge in [0.15, 0.2) is 9.84 Å². The van der Waals surface area contributed by atoms with E-state index in [1.807, 2.05) is 0 Å². The van der Waals surface area contributed by atoms with Crippen LogP contribution in [0, 0.1) is 6.92 Å². The van der Waals surface area contributed by atoms with Crippen LogP contribution in [-0.2, 0) is 9.84 Å². The maximum absolute atomic E-state index is 11.5. The lowest BCUT2D eigenvalue weighted by atomic mass is 10.2. The van der Waals surface area contributed by atoms with Crippen molar-refractivity contribution < 1.29 is 8.42 Å². The van der Waals surface area contributed by atoms with Gasteiger partial charge in [-0.3, -0.25) is 4.98 Å². The number of hydrogen-bond acceptors (Lipinski definition) is 4. The van der Waals surface area contributed by atoms with Gasteiger partial charge in [-0.15, -0.1) is 0 Å². The Morgan fingerprint density at radius 1 is 1.40 bits per heavy atom. The molecule has 4 nitrogen and oxygen atoms in total. The number of hydrogen-bond donors (Lipinski definition) is 0. The molecule has 0 saturated carbocycles. The molecule has 1 aromatic rings. The molecule has 1 saturated heterocycles. The molecule has 0 aromatic carbocycles. The minimum Gasteiger partial charge on any atom is -0.370 e. The number of aryl methyl sites for hydroxylation is 1. The van der Waals surface area contributed by atoms with Gasteiger partial charge in [-0.25, -0.2) is 8.42 Å². The van der Waals surface area contributed by atoms with Crippen molar-refractivity contribution in [1.29, 1.82) is 0 Å². The molecule has 82 valence electrons. The van der Waals surface area contributed by atoms with Gasteiger partial charge in [0.1, 0.15) is 0 Å². The number of aromatic nitrogens is 1. The first-order valence-electron chi connectivity index (χ1n) is 4.90. The topological polar surface area (TPSA) is 50.3 Å². The SMILES string of the molecule is Cc1ncc(N2CCC2)cc1S(C)(=O)=O. The third-order valence-electron chi connectivity index (χ3n) is 2.65. The van der Waals surface area contributed by atoms with Crippen molar-refractivity contribution in [2.45, 2.75) is 18.2 Å². The minimum atomic E-state index is -3.16. The Kier molecular flexibility index (Phi) is 2.42. The quantitative estimate of drug-likeness (QED) is 0.755. The maximum Gasteiger partial charge on any atom is 0.177 e. The number of pyridine rings is 1. The highest BCUT2D eigenvalue weighted by molar-refractivity contribution is 7.90. The molecule has 1 fully saturated rings. The summed E-state index contributed by atoms with van der Waals surface area (Å²) in [6, 6.07) is 1.72. The van der Waals surface area contributed by atoms with E-state index < -0.39 is 9.84 Å². The molecule has 0 amide bonds. The molecule has 1 aliphatic heterocycles. The largest absolute Gasteiger partial charge is 0.370 e. The molecule has 0 spiro atoms. The second-order valence-electron chi connectivity index (χ2n) is 3.89. The van der Waals surface area contributed by atoms with E-state index in [-0.39, 0.29) is 0 Å². The number of rotatable bonds is 2. The van der Waals surface area contributed by atoms with Crippen molar-refractivity contribution in [3.63, 3.8) is 0 Å². The van der Waals surface area contributed by atoms with Gasteiger partial charge in [0.05, 0.1) is 22.5 Å². The molecule has 0 unspecified atom stereocenters. The van der Waals surface area contributed by atoms with E-state index in [4.69, 9.17) is 0 Å². The van der Waals surface area contributed by atoms with E-state index >= 15 is 0 Å². The lowest BCUT2D eigenvalue weighted by Crippen LogP contribution is -2.37. The van der Waals surface area contributed by atoms with Gasteiger partial charge in [-0.1, -0.05) is 0 Å². The Morgan fingerprint density at radius 2 is 2.07 bits per heavy atom. The third-order valence-corrected chi connectivity index (χ3v) is 3.86. The monoisotopic (exact) mass is 226 g/mol. The van der Waals surface area contributed by atoms with Crippen LogP contribution in [0.3, 0.4) is 0 Å².